The van der Waals surface area contributed by atoms with Gasteiger partial charge in [0.25, 0.3) is 0 Å². The number of hydrazone groups is 1. The van der Waals surface area contributed by atoms with E-state index in [0.717, 1.165) is 23.3 Å². The van der Waals surface area contributed by atoms with Gasteiger partial charge >= 0.3 is 6.09 Å². The average Bonchev–Trinajstić information content (AvgIpc) is 2.81. The summed E-state index contributed by atoms with van der Waals surface area (Å²) in [5.41, 5.74) is 2.93. The van der Waals surface area contributed by atoms with E-state index in [0.29, 0.717) is 17.9 Å². The number of anilines is 1. The van der Waals surface area contributed by atoms with Crippen LogP contribution in [0.5, 0.6) is 11.5 Å². The molecule has 1 heterocycles. The Morgan fingerprint density at radius 2 is 1.94 bits per heavy atom. The lowest BCUT2D eigenvalue weighted by Crippen LogP contribution is -2.36. The normalized spacial score (nSPS) is 15.6. The number of alkyl halides is 1. The van der Waals surface area contributed by atoms with E-state index in [1.165, 1.54) is 12.1 Å². The summed E-state index contributed by atoms with van der Waals surface area (Å²) in [6.45, 7) is 3.32. The van der Waals surface area contributed by atoms with Crippen LogP contribution in [0.25, 0.3) is 0 Å². The van der Waals surface area contributed by atoms with Crippen molar-refractivity contribution in [2.75, 3.05) is 25.9 Å². The second-order valence-electron chi connectivity index (χ2n) is 7.41. The smallest absolute Gasteiger partial charge is 0.411 e. The summed E-state index contributed by atoms with van der Waals surface area (Å²) in [6, 6.07) is 12.3. The van der Waals surface area contributed by atoms with Crippen LogP contribution in [0, 0.1) is 5.92 Å². The molecule has 1 atom stereocenters. The Bertz CT molecular complexity index is 1010. The van der Waals surface area contributed by atoms with Gasteiger partial charge in [-0.25, -0.2) is 14.2 Å². The predicted molar refractivity (Wildman–Crippen MR) is 122 cm³/mol. The molecule has 176 valence electrons. The fourth-order valence-electron chi connectivity index (χ4n) is 3.59. The first-order chi connectivity index (χ1) is 16.0. The summed E-state index contributed by atoms with van der Waals surface area (Å²) < 4.78 is 28.0. The molecule has 0 bridgehead atoms. The first-order valence-corrected chi connectivity index (χ1v) is 10.8. The maximum Gasteiger partial charge on any atom is 0.411 e. The van der Waals surface area contributed by atoms with Gasteiger partial charge < -0.3 is 14.2 Å². The number of carbonyl (C=O) groups is 2. The molecule has 33 heavy (non-hydrogen) atoms. The van der Waals surface area contributed by atoms with Gasteiger partial charge in [0.15, 0.2) is 11.5 Å². The number of hydrogen-bond donors (Lipinski definition) is 1. The fraction of sp³-hybridized carbons (Fsp3) is 0.375. The number of benzene rings is 2. The van der Waals surface area contributed by atoms with Gasteiger partial charge in [-0.05, 0) is 49.2 Å². The molecular formula is C24H28FN3O5. The summed E-state index contributed by atoms with van der Waals surface area (Å²) in [5, 5.41) is 8.72. The van der Waals surface area contributed by atoms with E-state index in [-0.39, 0.29) is 30.7 Å². The fourth-order valence-corrected chi connectivity index (χ4v) is 3.59. The van der Waals surface area contributed by atoms with Crippen molar-refractivity contribution in [3.8, 4) is 11.5 Å². The Morgan fingerprint density at radius 1 is 1.18 bits per heavy atom. The van der Waals surface area contributed by atoms with Crippen LogP contribution in [0.4, 0.5) is 14.9 Å². The van der Waals surface area contributed by atoms with E-state index in [2.05, 4.69) is 10.4 Å². The molecule has 1 aliphatic heterocycles. The molecule has 8 nitrogen and oxygen atoms in total. The zero-order valence-corrected chi connectivity index (χ0v) is 19.0. The molecular weight excluding hydrogens is 429 g/mol. The minimum absolute atomic E-state index is 0.0588. The minimum atomic E-state index is -0.977. The molecule has 1 unspecified atom stereocenters. The highest BCUT2D eigenvalue weighted by atomic mass is 19.1. The molecule has 0 aliphatic carbocycles. The lowest BCUT2D eigenvalue weighted by Gasteiger charge is -2.29. The largest absolute Gasteiger partial charge is 0.493 e. The highest BCUT2D eigenvalue weighted by Gasteiger charge is 2.29. The van der Waals surface area contributed by atoms with E-state index in [9.17, 15) is 14.0 Å². The van der Waals surface area contributed by atoms with Crippen LogP contribution >= 0.6 is 0 Å². The van der Waals surface area contributed by atoms with Gasteiger partial charge in [0.2, 0.25) is 12.8 Å². The summed E-state index contributed by atoms with van der Waals surface area (Å²) in [7, 11) is 1.49. The van der Waals surface area contributed by atoms with Crippen molar-refractivity contribution in [3.63, 3.8) is 0 Å². The van der Waals surface area contributed by atoms with Crippen molar-refractivity contribution < 1.29 is 28.2 Å². The SMILES string of the molecule is CCOC(=O)Nc1ccc(CN2N=C(c3ccc(OC)c(OCF)c3)C(CC)CC2=O)cc1. The number of nitrogens with zero attached hydrogens (tertiary/aromatic N) is 2. The molecule has 0 saturated heterocycles. The molecule has 0 saturated carbocycles. The highest BCUT2D eigenvalue weighted by molar-refractivity contribution is 6.06. The lowest BCUT2D eigenvalue weighted by atomic mass is 9.89. The third kappa shape index (κ3) is 6.00. The van der Waals surface area contributed by atoms with Crippen LogP contribution in [0.2, 0.25) is 0 Å². The third-order valence-corrected chi connectivity index (χ3v) is 5.29. The van der Waals surface area contributed by atoms with E-state index in [1.807, 2.05) is 25.1 Å². The standard InChI is InChI=1S/C24H28FN3O5/c1-4-17-13-22(29)28(14-16-6-9-19(10-7-16)26-24(30)32-5-2)27-23(17)18-8-11-20(31-3)21(12-18)33-15-25/h6-12,17H,4-5,13-15H2,1-3H3,(H,26,30). The number of amides is 2. The van der Waals surface area contributed by atoms with Crippen molar-refractivity contribution in [1.29, 1.82) is 0 Å². The highest BCUT2D eigenvalue weighted by Crippen LogP contribution is 2.32. The Hall–Kier alpha value is -3.62. The molecule has 0 aromatic heterocycles. The Morgan fingerprint density at radius 3 is 2.58 bits per heavy atom. The van der Waals surface area contributed by atoms with Crippen LogP contribution in [0.1, 0.15) is 37.8 Å². The van der Waals surface area contributed by atoms with Crippen molar-refractivity contribution in [2.45, 2.75) is 33.2 Å². The van der Waals surface area contributed by atoms with E-state index in [4.69, 9.17) is 14.2 Å². The van der Waals surface area contributed by atoms with Gasteiger partial charge in [0, 0.05) is 23.6 Å². The average molecular weight is 458 g/mol. The number of methoxy groups -OCH3 is 1. The van der Waals surface area contributed by atoms with Gasteiger partial charge in [0.05, 0.1) is 26.0 Å². The van der Waals surface area contributed by atoms with Crippen molar-refractivity contribution in [3.05, 3.63) is 53.6 Å². The van der Waals surface area contributed by atoms with E-state index in [1.54, 1.807) is 31.2 Å². The molecule has 0 fully saturated rings. The van der Waals surface area contributed by atoms with Crippen LogP contribution in [-0.2, 0) is 16.1 Å². The molecule has 9 heteroatoms. The number of carbonyl (C=O) groups excluding carboxylic acids is 2. The van der Waals surface area contributed by atoms with Crippen molar-refractivity contribution in [2.24, 2.45) is 11.0 Å². The zero-order valence-electron chi connectivity index (χ0n) is 19.0. The molecule has 1 N–H and O–H groups in total. The molecule has 0 radical (unpaired) electrons. The van der Waals surface area contributed by atoms with Gasteiger partial charge in [-0.15, -0.1) is 0 Å². The monoisotopic (exact) mass is 457 g/mol. The minimum Gasteiger partial charge on any atom is -0.493 e. The number of nitrogens with one attached hydrogen (secondary N) is 1. The quantitative estimate of drug-likeness (QED) is 0.588. The number of hydrogen-bond acceptors (Lipinski definition) is 6. The van der Waals surface area contributed by atoms with Gasteiger partial charge in [0.1, 0.15) is 0 Å². The first kappa shape index (κ1) is 24.0. The van der Waals surface area contributed by atoms with Crippen LogP contribution in [0.3, 0.4) is 0 Å². The molecule has 2 aromatic carbocycles. The number of rotatable bonds is 9. The maximum absolute atomic E-state index is 12.8. The van der Waals surface area contributed by atoms with Gasteiger partial charge in [-0.3, -0.25) is 10.1 Å². The Kier molecular flexibility index (Phi) is 8.23. The second-order valence-corrected chi connectivity index (χ2v) is 7.41. The Labute approximate surface area is 192 Å². The van der Waals surface area contributed by atoms with E-state index >= 15 is 0 Å². The molecule has 0 spiro atoms. The van der Waals surface area contributed by atoms with Crippen LogP contribution in [-0.4, -0.2) is 43.3 Å². The van der Waals surface area contributed by atoms with Crippen molar-refractivity contribution in [1.82, 2.24) is 5.01 Å². The summed E-state index contributed by atoms with van der Waals surface area (Å²) in [5.74, 6) is 0.568. The molecule has 2 amide bonds. The topological polar surface area (TPSA) is 89.5 Å². The van der Waals surface area contributed by atoms with Crippen LogP contribution in [0.15, 0.2) is 47.6 Å². The summed E-state index contributed by atoms with van der Waals surface area (Å²) in [6.07, 6.45) is 0.535. The Balaban J connectivity index is 1.83. The molecule has 1 aliphatic rings. The summed E-state index contributed by atoms with van der Waals surface area (Å²) in [4.78, 5) is 24.3. The third-order valence-electron chi connectivity index (χ3n) is 5.29. The molecule has 2 aromatic rings. The van der Waals surface area contributed by atoms with Crippen molar-refractivity contribution >= 4 is 23.4 Å². The maximum atomic E-state index is 12.8. The predicted octanol–water partition coefficient (Wildman–Crippen LogP) is 4.73. The molecule has 3 rings (SSSR count). The van der Waals surface area contributed by atoms with Crippen LogP contribution < -0.4 is 14.8 Å². The van der Waals surface area contributed by atoms with Gasteiger partial charge in [-0.2, -0.15) is 5.10 Å². The second kappa shape index (κ2) is 11.3. The lowest BCUT2D eigenvalue weighted by molar-refractivity contribution is -0.133. The zero-order chi connectivity index (χ0) is 23.8. The number of ether oxygens (including phenoxy) is 3. The van der Waals surface area contributed by atoms with Gasteiger partial charge in [-0.1, -0.05) is 19.1 Å². The van der Waals surface area contributed by atoms with E-state index < -0.39 is 13.0 Å². The first-order valence-electron chi connectivity index (χ1n) is 10.8. The number of halogens is 1. The summed E-state index contributed by atoms with van der Waals surface area (Å²) >= 11 is 0.